The average molecular weight is 357 g/mol. The summed E-state index contributed by atoms with van der Waals surface area (Å²) in [5, 5.41) is 13.2. The van der Waals surface area contributed by atoms with Gasteiger partial charge in [-0.2, -0.15) is 13.2 Å². The van der Waals surface area contributed by atoms with Gasteiger partial charge >= 0.3 is 6.18 Å². The van der Waals surface area contributed by atoms with Crippen LogP contribution in [0.1, 0.15) is 34.8 Å². The Bertz CT molecular complexity index is 789. The Labute approximate surface area is 139 Å². The predicted molar refractivity (Wildman–Crippen MR) is 81.8 cm³/mol. The Hall–Kier alpha value is -2.10. The molecule has 0 saturated heterocycles. The Morgan fingerprint density at radius 2 is 2.17 bits per heavy atom. The molecule has 1 aromatic heterocycles. The minimum atomic E-state index is -4.45. The number of nitrogens with one attached hydrogen (secondary N) is 1. The molecular formula is C14H14F3N5OS. The number of thioether (sulfide) groups is 1. The number of benzene rings is 1. The van der Waals surface area contributed by atoms with E-state index in [1.165, 1.54) is 10.7 Å². The van der Waals surface area contributed by atoms with E-state index in [2.05, 4.69) is 20.8 Å². The highest BCUT2D eigenvalue weighted by molar-refractivity contribution is 8.00. The zero-order valence-electron chi connectivity index (χ0n) is 12.9. The van der Waals surface area contributed by atoms with Crippen LogP contribution in [0.3, 0.4) is 0 Å². The third kappa shape index (κ3) is 3.10. The van der Waals surface area contributed by atoms with Crippen LogP contribution in [0.25, 0.3) is 0 Å². The minimum absolute atomic E-state index is 0.0693. The molecule has 3 rings (SSSR count). The van der Waals surface area contributed by atoms with Gasteiger partial charge in [-0.3, -0.25) is 10.1 Å². The van der Waals surface area contributed by atoms with Gasteiger partial charge in [0.15, 0.2) is 0 Å². The van der Waals surface area contributed by atoms with Gasteiger partial charge in [0.1, 0.15) is 0 Å². The lowest BCUT2D eigenvalue weighted by molar-refractivity contribution is -0.139. The maximum absolute atomic E-state index is 13.3. The molecular weight excluding hydrogens is 343 g/mol. The number of amides is 1. The summed E-state index contributed by atoms with van der Waals surface area (Å²) in [5.74, 6) is -0.390. The number of aryl methyl sites for hydroxylation is 1. The van der Waals surface area contributed by atoms with E-state index in [1.807, 2.05) is 6.92 Å². The third-order valence-corrected chi connectivity index (χ3v) is 5.12. The van der Waals surface area contributed by atoms with E-state index in [-0.39, 0.29) is 21.7 Å². The van der Waals surface area contributed by atoms with E-state index in [9.17, 15) is 18.0 Å². The van der Waals surface area contributed by atoms with Crippen LogP contribution in [-0.2, 0) is 19.6 Å². The van der Waals surface area contributed by atoms with Crippen molar-refractivity contribution in [3.63, 3.8) is 0 Å². The molecule has 1 amide bonds. The molecule has 2 heterocycles. The van der Waals surface area contributed by atoms with Gasteiger partial charge in [-0.25, -0.2) is 4.68 Å². The van der Waals surface area contributed by atoms with Crippen molar-refractivity contribution < 1.29 is 18.0 Å². The van der Waals surface area contributed by atoms with E-state index in [0.717, 1.165) is 17.8 Å². The van der Waals surface area contributed by atoms with Crippen LogP contribution in [0, 0.1) is 0 Å². The van der Waals surface area contributed by atoms with Gasteiger partial charge in [0.05, 0.1) is 5.56 Å². The number of fused-ring (bicyclic) bond motifs is 1. The Kier molecular flexibility index (Phi) is 4.24. The summed E-state index contributed by atoms with van der Waals surface area (Å²) in [5.41, 5.74) is -0.0353. The Morgan fingerprint density at radius 1 is 1.42 bits per heavy atom. The van der Waals surface area contributed by atoms with Gasteiger partial charge in [-0.1, -0.05) is 12.0 Å². The maximum Gasteiger partial charge on any atom is 0.417 e. The first-order chi connectivity index (χ1) is 11.3. The lowest BCUT2D eigenvalue weighted by Crippen LogP contribution is -2.22. The monoisotopic (exact) mass is 357 g/mol. The van der Waals surface area contributed by atoms with Crippen LogP contribution in [0.2, 0.25) is 0 Å². The van der Waals surface area contributed by atoms with Crippen LogP contribution in [0.4, 0.5) is 19.1 Å². The van der Waals surface area contributed by atoms with Gasteiger partial charge in [0.2, 0.25) is 5.95 Å². The lowest BCUT2D eigenvalue weighted by atomic mass is 9.97. The van der Waals surface area contributed by atoms with Crippen molar-refractivity contribution in [1.82, 2.24) is 20.2 Å². The van der Waals surface area contributed by atoms with Crippen LogP contribution < -0.4 is 5.32 Å². The van der Waals surface area contributed by atoms with Crippen LogP contribution in [-0.4, -0.2) is 31.4 Å². The second kappa shape index (κ2) is 6.08. The fourth-order valence-corrected chi connectivity index (χ4v) is 3.86. The van der Waals surface area contributed by atoms with Crippen LogP contribution in [0.15, 0.2) is 17.0 Å². The standard InChI is InChI=1S/C14H14F3N5OS/c1-7-3-4-8-9(12(23)18-13-19-20-21-22(13)2)5-6-10(11(8)24-7)14(15,16)17/h5-7H,3-4H2,1-2H3,(H,18,19,21,23). The third-order valence-electron chi connectivity index (χ3n) is 3.78. The summed E-state index contributed by atoms with van der Waals surface area (Å²) in [4.78, 5) is 12.6. The van der Waals surface area contributed by atoms with E-state index >= 15 is 0 Å². The second-order valence-electron chi connectivity index (χ2n) is 5.51. The van der Waals surface area contributed by atoms with Crippen molar-refractivity contribution >= 4 is 23.6 Å². The zero-order valence-corrected chi connectivity index (χ0v) is 13.7. The molecule has 10 heteroatoms. The number of halogens is 3. The number of carbonyl (C=O) groups excluding carboxylic acids is 1. The fourth-order valence-electron chi connectivity index (χ4n) is 2.56. The number of carbonyl (C=O) groups is 1. The molecule has 24 heavy (non-hydrogen) atoms. The normalized spacial score (nSPS) is 17.5. The molecule has 1 aliphatic heterocycles. The SMILES string of the molecule is CC1CCc2c(C(=O)Nc3nnnn3C)ccc(C(F)(F)F)c2S1. The molecule has 0 saturated carbocycles. The first-order valence-corrected chi connectivity index (χ1v) is 8.08. The van der Waals surface area contributed by atoms with Gasteiger partial charge in [-0.15, -0.1) is 11.8 Å². The van der Waals surface area contributed by atoms with Crippen molar-refractivity contribution in [2.24, 2.45) is 7.05 Å². The quantitative estimate of drug-likeness (QED) is 0.895. The number of aromatic nitrogens is 4. The van der Waals surface area contributed by atoms with E-state index < -0.39 is 17.6 Å². The number of nitrogens with zero attached hydrogens (tertiary/aromatic N) is 4. The zero-order chi connectivity index (χ0) is 17.5. The topological polar surface area (TPSA) is 72.7 Å². The Morgan fingerprint density at radius 3 is 2.79 bits per heavy atom. The summed E-state index contributed by atoms with van der Waals surface area (Å²) >= 11 is 1.16. The molecule has 0 spiro atoms. The number of rotatable bonds is 2. The number of hydrogen-bond acceptors (Lipinski definition) is 5. The molecule has 1 aliphatic rings. The van der Waals surface area contributed by atoms with Gasteiger partial charge in [0.25, 0.3) is 5.91 Å². The first-order valence-electron chi connectivity index (χ1n) is 7.21. The summed E-state index contributed by atoms with van der Waals surface area (Å²) in [6.45, 7) is 1.88. The molecule has 1 aromatic carbocycles. The minimum Gasteiger partial charge on any atom is -0.289 e. The molecule has 128 valence electrons. The molecule has 1 atom stereocenters. The molecule has 0 radical (unpaired) electrons. The van der Waals surface area contributed by atoms with E-state index in [0.29, 0.717) is 18.4 Å². The van der Waals surface area contributed by atoms with Crippen molar-refractivity contribution in [3.05, 3.63) is 28.8 Å². The summed E-state index contributed by atoms with van der Waals surface area (Å²) in [6, 6.07) is 2.19. The second-order valence-corrected chi connectivity index (χ2v) is 6.96. The van der Waals surface area contributed by atoms with Gasteiger partial charge in [0, 0.05) is 22.8 Å². The van der Waals surface area contributed by atoms with Crippen molar-refractivity contribution in [2.75, 3.05) is 5.32 Å². The number of anilines is 1. The van der Waals surface area contributed by atoms with Gasteiger partial charge < -0.3 is 0 Å². The maximum atomic E-state index is 13.3. The molecule has 6 nitrogen and oxygen atoms in total. The lowest BCUT2D eigenvalue weighted by Gasteiger charge is -2.26. The Balaban J connectivity index is 2.02. The molecule has 1 N–H and O–H groups in total. The van der Waals surface area contributed by atoms with Crippen LogP contribution in [0.5, 0.6) is 0 Å². The highest BCUT2D eigenvalue weighted by Gasteiger charge is 2.37. The van der Waals surface area contributed by atoms with Crippen molar-refractivity contribution in [3.8, 4) is 0 Å². The first kappa shape index (κ1) is 16.7. The van der Waals surface area contributed by atoms with Crippen molar-refractivity contribution in [2.45, 2.75) is 36.1 Å². The number of hydrogen-bond donors (Lipinski definition) is 1. The fraction of sp³-hybridized carbons (Fsp3) is 0.429. The molecule has 0 bridgehead atoms. The van der Waals surface area contributed by atoms with E-state index in [4.69, 9.17) is 0 Å². The van der Waals surface area contributed by atoms with Gasteiger partial charge in [-0.05, 0) is 41.0 Å². The highest BCUT2D eigenvalue weighted by Crippen LogP contribution is 2.45. The summed E-state index contributed by atoms with van der Waals surface area (Å²) < 4.78 is 41.0. The molecule has 0 aliphatic carbocycles. The number of alkyl halides is 3. The average Bonchev–Trinajstić information content (AvgIpc) is 2.89. The summed E-state index contributed by atoms with van der Waals surface area (Å²) in [7, 11) is 1.55. The smallest absolute Gasteiger partial charge is 0.289 e. The number of tetrazole rings is 1. The molecule has 0 fully saturated rings. The largest absolute Gasteiger partial charge is 0.417 e. The van der Waals surface area contributed by atoms with E-state index in [1.54, 1.807) is 7.05 Å². The van der Waals surface area contributed by atoms with Crippen molar-refractivity contribution in [1.29, 1.82) is 0 Å². The molecule has 1 unspecified atom stereocenters. The molecule has 2 aromatic rings. The highest BCUT2D eigenvalue weighted by atomic mass is 32.2. The summed E-state index contributed by atoms with van der Waals surface area (Å²) in [6.07, 6.45) is -3.31. The van der Waals surface area contributed by atoms with Crippen LogP contribution >= 0.6 is 11.8 Å². The predicted octanol–water partition coefficient (Wildman–Crippen LogP) is 2.91.